The lowest BCUT2D eigenvalue weighted by Gasteiger charge is -2.15. The Morgan fingerprint density at radius 3 is 2.86 bits per heavy atom. The Morgan fingerprint density at radius 1 is 1.50 bits per heavy atom. The predicted octanol–water partition coefficient (Wildman–Crippen LogP) is 2.73. The number of aromatic nitrogens is 3. The molecule has 0 radical (unpaired) electrons. The zero-order valence-corrected chi connectivity index (χ0v) is 10.1. The van der Waals surface area contributed by atoms with Crippen LogP contribution in [0.25, 0.3) is 11.3 Å². The van der Waals surface area contributed by atoms with Gasteiger partial charge in [-0.3, -0.25) is 5.10 Å². The second-order valence-electron chi connectivity index (χ2n) is 3.52. The van der Waals surface area contributed by atoms with Crippen LogP contribution in [-0.4, -0.2) is 15.4 Å². The molecule has 0 spiro atoms. The number of rotatable bonds is 2. The summed E-state index contributed by atoms with van der Waals surface area (Å²) in [5, 5.41) is 10.9. The molecular formula is C9H10IN3O. The van der Waals surface area contributed by atoms with E-state index in [4.69, 9.17) is 4.52 Å². The average molecular weight is 303 g/mol. The fourth-order valence-corrected chi connectivity index (χ4v) is 1.70. The SMILES string of the molecule is CC(C)(I)c1[nH]ncc1-c1ccon1. The van der Waals surface area contributed by atoms with Crippen molar-refractivity contribution in [2.45, 2.75) is 17.3 Å². The van der Waals surface area contributed by atoms with Crippen LogP contribution in [0.4, 0.5) is 0 Å². The van der Waals surface area contributed by atoms with Crippen molar-refractivity contribution in [3.8, 4) is 11.3 Å². The van der Waals surface area contributed by atoms with Crippen molar-refractivity contribution in [3.05, 3.63) is 24.2 Å². The first-order valence-corrected chi connectivity index (χ1v) is 5.30. The van der Waals surface area contributed by atoms with Crippen LogP contribution in [-0.2, 0) is 3.42 Å². The van der Waals surface area contributed by atoms with E-state index in [0.29, 0.717) is 0 Å². The summed E-state index contributed by atoms with van der Waals surface area (Å²) in [6, 6.07) is 1.83. The van der Waals surface area contributed by atoms with Crippen LogP contribution in [0, 0.1) is 0 Å². The minimum Gasteiger partial charge on any atom is -0.364 e. The smallest absolute Gasteiger partial charge is 0.124 e. The van der Waals surface area contributed by atoms with Gasteiger partial charge in [0.2, 0.25) is 0 Å². The van der Waals surface area contributed by atoms with Crippen molar-refractivity contribution >= 4 is 22.6 Å². The highest BCUT2D eigenvalue weighted by Crippen LogP contribution is 2.35. The standard InChI is InChI=1S/C9H10IN3O/c1-9(2,10)8-6(5-11-12-8)7-3-4-14-13-7/h3-5H,1-2H3,(H,11,12). The van der Waals surface area contributed by atoms with Gasteiger partial charge in [-0.05, 0) is 13.8 Å². The van der Waals surface area contributed by atoms with Crippen molar-refractivity contribution < 1.29 is 4.52 Å². The maximum atomic E-state index is 4.81. The fourth-order valence-electron chi connectivity index (χ4n) is 1.28. The zero-order valence-electron chi connectivity index (χ0n) is 7.91. The van der Waals surface area contributed by atoms with E-state index < -0.39 is 0 Å². The van der Waals surface area contributed by atoms with Gasteiger partial charge in [0.05, 0.1) is 15.3 Å². The number of halogens is 1. The third kappa shape index (κ3) is 1.68. The van der Waals surface area contributed by atoms with Crippen LogP contribution in [0.3, 0.4) is 0 Å². The molecule has 0 fully saturated rings. The molecule has 0 aliphatic rings. The van der Waals surface area contributed by atoms with E-state index in [1.165, 1.54) is 0 Å². The van der Waals surface area contributed by atoms with Crippen LogP contribution in [0.2, 0.25) is 0 Å². The van der Waals surface area contributed by atoms with E-state index in [1.807, 2.05) is 6.07 Å². The quantitative estimate of drug-likeness (QED) is 0.685. The number of nitrogens with zero attached hydrogens (tertiary/aromatic N) is 2. The fraction of sp³-hybridized carbons (Fsp3) is 0.333. The topological polar surface area (TPSA) is 54.7 Å². The second kappa shape index (κ2) is 3.38. The Hall–Kier alpha value is -0.850. The molecule has 5 heteroatoms. The molecule has 0 saturated carbocycles. The van der Waals surface area contributed by atoms with E-state index in [2.05, 4.69) is 51.8 Å². The van der Waals surface area contributed by atoms with Gasteiger partial charge in [-0.25, -0.2) is 0 Å². The molecule has 0 unspecified atom stereocenters. The van der Waals surface area contributed by atoms with Crippen molar-refractivity contribution in [3.63, 3.8) is 0 Å². The first-order valence-electron chi connectivity index (χ1n) is 4.22. The Balaban J connectivity index is 2.51. The molecule has 0 amide bonds. The summed E-state index contributed by atoms with van der Waals surface area (Å²) in [5.41, 5.74) is 2.88. The molecule has 0 aromatic carbocycles. The van der Waals surface area contributed by atoms with Crippen LogP contribution in [0.5, 0.6) is 0 Å². The number of hydrogen-bond acceptors (Lipinski definition) is 3. The molecule has 0 atom stereocenters. The van der Waals surface area contributed by atoms with Crippen LogP contribution in [0.1, 0.15) is 19.5 Å². The molecular weight excluding hydrogens is 293 g/mol. The lowest BCUT2D eigenvalue weighted by molar-refractivity contribution is 0.422. The average Bonchev–Trinajstić information content (AvgIpc) is 2.73. The second-order valence-corrected chi connectivity index (χ2v) is 6.21. The molecule has 74 valence electrons. The minimum atomic E-state index is 0.00252. The summed E-state index contributed by atoms with van der Waals surface area (Å²) in [4.78, 5) is 0. The van der Waals surface area contributed by atoms with Gasteiger partial charge in [-0.15, -0.1) is 0 Å². The molecule has 2 aromatic heterocycles. The lowest BCUT2D eigenvalue weighted by atomic mass is 10.0. The molecule has 0 aliphatic carbocycles. The number of aromatic amines is 1. The number of alkyl halides is 1. The van der Waals surface area contributed by atoms with Crippen molar-refractivity contribution in [1.82, 2.24) is 15.4 Å². The van der Waals surface area contributed by atoms with E-state index in [-0.39, 0.29) is 3.42 Å². The first kappa shape index (κ1) is 9.70. The van der Waals surface area contributed by atoms with Gasteiger partial charge in [0.25, 0.3) is 0 Å². The van der Waals surface area contributed by atoms with Gasteiger partial charge in [-0.1, -0.05) is 27.7 Å². The van der Waals surface area contributed by atoms with E-state index in [9.17, 15) is 0 Å². The molecule has 2 heterocycles. The predicted molar refractivity (Wildman–Crippen MR) is 61.1 cm³/mol. The van der Waals surface area contributed by atoms with E-state index in [0.717, 1.165) is 17.0 Å². The highest BCUT2D eigenvalue weighted by molar-refractivity contribution is 14.1. The Morgan fingerprint density at radius 2 is 2.29 bits per heavy atom. The molecule has 2 rings (SSSR count). The van der Waals surface area contributed by atoms with Gasteiger partial charge < -0.3 is 4.52 Å². The molecule has 0 aliphatic heterocycles. The van der Waals surface area contributed by atoms with E-state index >= 15 is 0 Å². The molecule has 0 saturated heterocycles. The van der Waals surface area contributed by atoms with Gasteiger partial charge in [0.15, 0.2) is 0 Å². The maximum absolute atomic E-state index is 4.81. The number of hydrogen-bond donors (Lipinski definition) is 1. The van der Waals surface area contributed by atoms with Gasteiger partial charge in [0.1, 0.15) is 12.0 Å². The summed E-state index contributed by atoms with van der Waals surface area (Å²) in [6.07, 6.45) is 3.33. The van der Waals surface area contributed by atoms with Crippen molar-refractivity contribution in [1.29, 1.82) is 0 Å². The van der Waals surface area contributed by atoms with E-state index in [1.54, 1.807) is 12.5 Å². The number of H-pyrrole nitrogens is 1. The Kier molecular flexibility index (Phi) is 2.34. The monoisotopic (exact) mass is 303 g/mol. The molecule has 1 N–H and O–H groups in total. The van der Waals surface area contributed by atoms with Crippen molar-refractivity contribution in [2.75, 3.05) is 0 Å². The third-order valence-corrected chi connectivity index (χ3v) is 2.49. The lowest BCUT2D eigenvalue weighted by Crippen LogP contribution is -2.08. The summed E-state index contributed by atoms with van der Waals surface area (Å²) in [6.45, 7) is 4.23. The zero-order chi connectivity index (χ0) is 10.2. The first-order chi connectivity index (χ1) is 6.59. The summed E-state index contributed by atoms with van der Waals surface area (Å²) in [5.74, 6) is 0. The largest absolute Gasteiger partial charge is 0.364 e. The molecule has 2 aromatic rings. The third-order valence-electron chi connectivity index (χ3n) is 1.95. The Bertz CT molecular complexity index is 413. The minimum absolute atomic E-state index is 0.00252. The summed E-state index contributed by atoms with van der Waals surface area (Å²) in [7, 11) is 0. The van der Waals surface area contributed by atoms with Crippen LogP contribution in [0.15, 0.2) is 23.0 Å². The van der Waals surface area contributed by atoms with Crippen LogP contribution >= 0.6 is 22.6 Å². The van der Waals surface area contributed by atoms with Gasteiger partial charge in [-0.2, -0.15) is 5.10 Å². The Labute approximate surface area is 95.2 Å². The number of nitrogens with one attached hydrogen (secondary N) is 1. The molecule has 0 bridgehead atoms. The maximum Gasteiger partial charge on any atom is 0.124 e. The molecule has 4 nitrogen and oxygen atoms in total. The summed E-state index contributed by atoms with van der Waals surface area (Å²) >= 11 is 2.36. The highest BCUT2D eigenvalue weighted by atomic mass is 127. The van der Waals surface area contributed by atoms with Gasteiger partial charge in [0, 0.05) is 11.6 Å². The van der Waals surface area contributed by atoms with Gasteiger partial charge >= 0.3 is 0 Å². The molecule has 14 heavy (non-hydrogen) atoms. The summed E-state index contributed by atoms with van der Waals surface area (Å²) < 4.78 is 4.81. The normalized spacial score (nSPS) is 11.9. The highest BCUT2D eigenvalue weighted by Gasteiger charge is 2.23. The van der Waals surface area contributed by atoms with Crippen molar-refractivity contribution in [2.24, 2.45) is 0 Å². The van der Waals surface area contributed by atoms with Crippen LogP contribution < -0.4 is 0 Å².